The molecule has 0 spiro atoms. The molecule has 18 heavy (non-hydrogen) atoms. The largest absolute Gasteiger partial charge is 0.229 e. The van der Waals surface area contributed by atoms with Crippen LogP contribution in [-0.2, 0) is 19.9 Å². The fourth-order valence-corrected chi connectivity index (χ4v) is 7.50. The van der Waals surface area contributed by atoms with E-state index in [1.165, 1.54) is 0 Å². The number of hydrogen-bond donors (Lipinski definition) is 0. The van der Waals surface area contributed by atoms with Gasteiger partial charge in [-0.05, 0) is 25.7 Å². The van der Waals surface area contributed by atoms with Crippen molar-refractivity contribution in [2.75, 3.05) is 23.4 Å². The van der Waals surface area contributed by atoms with E-state index in [0.29, 0.717) is 11.9 Å². The van der Waals surface area contributed by atoms with Crippen molar-refractivity contribution in [1.82, 2.24) is 4.31 Å². The third kappa shape index (κ3) is 2.91. The first-order valence-electron chi connectivity index (χ1n) is 6.14. The van der Waals surface area contributed by atoms with Crippen molar-refractivity contribution >= 4 is 35.8 Å². The average Bonchev–Trinajstić information content (AvgIpc) is 2.77. The van der Waals surface area contributed by atoms with E-state index in [-0.39, 0.29) is 30.4 Å². The highest BCUT2D eigenvalue weighted by atomic mass is 79.9. The second-order valence-corrected chi connectivity index (χ2v) is 10.1. The van der Waals surface area contributed by atoms with E-state index < -0.39 is 25.1 Å². The lowest BCUT2D eigenvalue weighted by atomic mass is 10.2. The molecule has 2 rings (SSSR count). The first-order chi connectivity index (χ1) is 8.37. The Morgan fingerprint density at radius 2 is 1.78 bits per heavy atom. The van der Waals surface area contributed by atoms with E-state index in [9.17, 15) is 16.8 Å². The number of halogens is 1. The van der Waals surface area contributed by atoms with Crippen molar-refractivity contribution < 1.29 is 16.8 Å². The highest BCUT2D eigenvalue weighted by Gasteiger charge is 2.41. The summed E-state index contributed by atoms with van der Waals surface area (Å²) in [5.41, 5.74) is 0. The molecule has 2 aliphatic rings. The molecule has 0 radical (unpaired) electrons. The van der Waals surface area contributed by atoms with E-state index in [4.69, 9.17) is 0 Å². The van der Waals surface area contributed by atoms with Gasteiger partial charge >= 0.3 is 0 Å². The Kier molecular flexibility index (Phi) is 4.40. The number of alkyl halides is 1. The van der Waals surface area contributed by atoms with Crippen molar-refractivity contribution in [3.05, 3.63) is 0 Å². The van der Waals surface area contributed by atoms with Crippen molar-refractivity contribution in [1.29, 1.82) is 0 Å². The predicted octanol–water partition coefficient (Wildman–Crippen LogP) is 0.753. The highest BCUT2D eigenvalue weighted by Crippen LogP contribution is 2.29. The maximum absolute atomic E-state index is 12.5. The third-order valence-corrected chi connectivity index (χ3v) is 8.66. The minimum absolute atomic E-state index is 0.00369. The van der Waals surface area contributed by atoms with Gasteiger partial charge in [-0.1, -0.05) is 15.9 Å². The van der Waals surface area contributed by atoms with Gasteiger partial charge in [0, 0.05) is 17.9 Å². The molecular weight excluding hydrogens is 342 g/mol. The monoisotopic (exact) mass is 359 g/mol. The zero-order valence-electron chi connectivity index (χ0n) is 10.1. The van der Waals surface area contributed by atoms with Crippen molar-refractivity contribution in [3.8, 4) is 0 Å². The molecule has 0 amide bonds. The van der Waals surface area contributed by atoms with Crippen LogP contribution < -0.4 is 0 Å². The Morgan fingerprint density at radius 3 is 2.33 bits per heavy atom. The molecule has 0 aromatic carbocycles. The number of sulfone groups is 1. The van der Waals surface area contributed by atoms with Gasteiger partial charge in [-0.3, -0.25) is 0 Å². The Morgan fingerprint density at radius 1 is 1.17 bits per heavy atom. The zero-order valence-corrected chi connectivity index (χ0v) is 13.3. The van der Waals surface area contributed by atoms with E-state index in [0.717, 1.165) is 12.8 Å². The molecule has 0 saturated carbocycles. The van der Waals surface area contributed by atoms with E-state index in [2.05, 4.69) is 15.9 Å². The minimum atomic E-state index is -3.33. The second kappa shape index (κ2) is 5.38. The summed E-state index contributed by atoms with van der Waals surface area (Å²) in [6, 6.07) is 0.0357. The lowest BCUT2D eigenvalue weighted by Crippen LogP contribution is -2.45. The van der Waals surface area contributed by atoms with Gasteiger partial charge in [0.2, 0.25) is 10.0 Å². The summed E-state index contributed by atoms with van der Waals surface area (Å²) in [6.45, 7) is 0.571. The maximum atomic E-state index is 12.5. The molecule has 0 aromatic rings. The Balaban J connectivity index is 2.12. The standard InChI is InChI=1S/C10H18BrNO4S2/c11-8-9-2-1-5-12(9)18(15,16)10-3-6-17(13,14)7-4-10/h9-10H,1-8H2. The van der Waals surface area contributed by atoms with Gasteiger partial charge in [-0.2, -0.15) is 4.31 Å². The normalized spacial score (nSPS) is 30.6. The summed E-state index contributed by atoms with van der Waals surface area (Å²) in [4.78, 5) is 0. The summed E-state index contributed by atoms with van der Waals surface area (Å²) in [5.74, 6) is 0.00737. The number of sulfonamides is 1. The quantitative estimate of drug-likeness (QED) is 0.697. The molecule has 0 bridgehead atoms. The van der Waals surface area contributed by atoms with Crippen LogP contribution in [0.15, 0.2) is 0 Å². The highest BCUT2D eigenvalue weighted by molar-refractivity contribution is 9.09. The van der Waals surface area contributed by atoms with Gasteiger partial charge in [0.25, 0.3) is 0 Å². The molecule has 2 aliphatic heterocycles. The molecule has 1 atom stereocenters. The molecule has 0 N–H and O–H groups in total. The smallest absolute Gasteiger partial charge is 0.217 e. The second-order valence-electron chi connectivity index (χ2n) is 4.96. The summed E-state index contributed by atoms with van der Waals surface area (Å²) >= 11 is 3.35. The van der Waals surface area contributed by atoms with Crippen LogP contribution in [0.5, 0.6) is 0 Å². The topological polar surface area (TPSA) is 71.5 Å². The van der Waals surface area contributed by atoms with Crippen LogP contribution in [0.1, 0.15) is 25.7 Å². The van der Waals surface area contributed by atoms with Gasteiger partial charge in [0.1, 0.15) is 9.84 Å². The number of rotatable bonds is 3. The summed E-state index contributed by atoms with van der Waals surface area (Å²) < 4.78 is 49.2. The van der Waals surface area contributed by atoms with Crippen LogP contribution >= 0.6 is 15.9 Å². The van der Waals surface area contributed by atoms with Crippen LogP contribution in [-0.4, -0.2) is 55.8 Å². The van der Waals surface area contributed by atoms with Gasteiger partial charge in [0.15, 0.2) is 0 Å². The average molecular weight is 360 g/mol. The molecule has 2 heterocycles. The van der Waals surface area contributed by atoms with E-state index >= 15 is 0 Å². The maximum Gasteiger partial charge on any atom is 0.217 e. The summed E-state index contributed by atoms with van der Waals surface area (Å²) in [6.07, 6.45) is 2.27. The molecule has 106 valence electrons. The van der Waals surface area contributed by atoms with Crippen LogP contribution in [0.25, 0.3) is 0 Å². The van der Waals surface area contributed by atoms with Gasteiger partial charge in [-0.25, -0.2) is 16.8 Å². The van der Waals surface area contributed by atoms with Gasteiger partial charge in [0.05, 0.1) is 16.8 Å². The van der Waals surface area contributed by atoms with Crippen molar-refractivity contribution in [2.45, 2.75) is 37.0 Å². The Labute approximate surface area is 117 Å². The fraction of sp³-hybridized carbons (Fsp3) is 1.00. The summed E-state index contributed by atoms with van der Waals surface area (Å²) in [7, 11) is -6.35. The molecule has 2 saturated heterocycles. The molecule has 5 nitrogen and oxygen atoms in total. The van der Waals surface area contributed by atoms with Crippen LogP contribution in [0, 0.1) is 0 Å². The molecule has 8 heteroatoms. The summed E-state index contributed by atoms with van der Waals surface area (Å²) in [5, 5.41) is 0.137. The van der Waals surface area contributed by atoms with Gasteiger partial charge < -0.3 is 0 Å². The first-order valence-corrected chi connectivity index (χ1v) is 10.6. The Bertz CT molecular complexity index is 488. The molecular formula is C10H18BrNO4S2. The predicted molar refractivity (Wildman–Crippen MR) is 74.1 cm³/mol. The number of hydrogen-bond acceptors (Lipinski definition) is 4. The minimum Gasteiger partial charge on any atom is -0.229 e. The lowest BCUT2D eigenvalue weighted by Gasteiger charge is -2.29. The first kappa shape index (κ1) is 14.7. The van der Waals surface area contributed by atoms with Crippen LogP contribution in [0.3, 0.4) is 0 Å². The SMILES string of the molecule is O=S1(=O)CCC(S(=O)(=O)N2CCCC2CBr)CC1. The molecule has 0 aromatic heterocycles. The lowest BCUT2D eigenvalue weighted by molar-refractivity contribution is 0.402. The zero-order chi connectivity index (χ0) is 13.4. The molecule has 0 aliphatic carbocycles. The van der Waals surface area contributed by atoms with Crippen molar-refractivity contribution in [3.63, 3.8) is 0 Å². The third-order valence-electron chi connectivity index (χ3n) is 3.75. The molecule has 1 unspecified atom stereocenters. The van der Waals surface area contributed by atoms with Crippen LogP contribution in [0.4, 0.5) is 0 Å². The number of nitrogens with zero attached hydrogens (tertiary/aromatic N) is 1. The molecule has 2 fully saturated rings. The van der Waals surface area contributed by atoms with Crippen molar-refractivity contribution in [2.24, 2.45) is 0 Å². The fourth-order valence-electron chi connectivity index (χ4n) is 2.66. The van der Waals surface area contributed by atoms with E-state index in [1.54, 1.807) is 4.31 Å². The Hall–Kier alpha value is 0.340. The van der Waals surface area contributed by atoms with Crippen LogP contribution in [0.2, 0.25) is 0 Å². The van der Waals surface area contributed by atoms with E-state index in [1.807, 2.05) is 0 Å². The van der Waals surface area contributed by atoms with Gasteiger partial charge in [-0.15, -0.1) is 0 Å².